The maximum atomic E-state index is 13.2. The van der Waals surface area contributed by atoms with Crippen molar-refractivity contribution >= 4 is 11.8 Å². The fourth-order valence-electron chi connectivity index (χ4n) is 5.27. The van der Waals surface area contributed by atoms with Crippen molar-refractivity contribution in [1.29, 1.82) is 0 Å². The van der Waals surface area contributed by atoms with Crippen LogP contribution in [0.1, 0.15) is 44.9 Å². The number of carbonyl (C=O) groups excluding carboxylic acids is 2. The summed E-state index contributed by atoms with van der Waals surface area (Å²) in [5.41, 5.74) is 0.0118. The van der Waals surface area contributed by atoms with Gasteiger partial charge in [-0.25, -0.2) is 0 Å². The van der Waals surface area contributed by atoms with Crippen molar-refractivity contribution in [3.8, 4) is 0 Å². The first-order valence-electron chi connectivity index (χ1n) is 8.91. The Morgan fingerprint density at radius 2 is 1.95 bits per heavy atom. The van der Waals surface area contributed by atoms with Gasteiger partial charge < -0.3 is 15.5 Å². The number of fused-ring (bicyclic) bond motifs is 1. The van der Waals surface area contributed by atoms with E-state index in [-0.39, 0.29) is 16.7 Å². The minimum Gasteiger partial charge on any atom is -0.356 e. The zero-order valence-electron chi connectivity index (χ0n) is 13.3. The predicted molar refractivity (Wildman–Crippen MR) is 83.1 cm³/mol. The van der Waals surface area contributed by atoms with Crippen molar-refractivity contribution in [3.63, 3.8) is 0 Å². The molecule has 4 rings (SSSR count). The van der Waals surface area contributed by atoms with Crippen LogP contribution in [0.4, 0.5) is 0 Å². The lowest BCUT2D eigenvalue weighted by molar-refractivity contribution is -0.147. The van der Waals surface area contributed by atoms with Gasteiger partial charge in [0.05, 0.1) is 5.41 Å². The van der Waals surface area contributed by atoms with Gasteiger partial charge in [0.15, 0.2) is 0 Å². The average molecular weight is 305 g/mol. The summed E-state index contributed by atoms with van der Waals surface area (Å²) in [5, 5.41) is 6.45. The Bertz CT molecular complexity index is 484. The van der Waals surface area contributed by atoms with Crippen LogP contribution in [0, 0.1) is 16.7 Å². The van der Waals surface area contributed by atoms with E-state index < -0.39 is 0 Å². The highest BCUT2D eigenvalue weighted by Gasteiger charge is 2.52. The molecular formula is C17H27N3O2. The van der Waals surface area contributed by atoms with E-state index in [4.69, 9.17) is 0 Å². The lowest BCUT2D eigenvalue weighted by Gasteiger charge is -2.45. The molecule has 3 aliphatic heterocycles. The van der Waals surface area contributed by atoms with Gasteiger partial charge >= 0.3 is 0 Å². The molecule has 0 unspecified atom stereocenters. The van der Waals surface area contributed by atoms with Crippen molar-refractivity contribution in [1.82, 2.24) is 15.5 Å². The van der Waals surface area contributed by atoms with Crippen LogP contribution in [-0.2, 0) is 9.59 Å². The highest BCUT2D eigenvalue weighted by molar-refractivity contribution is 5.84. The van der Waals surface area contributed by atoms with Crippen molar-refractivity contribution in [2.24, 2.45) is 16.7 Å². The molecule has 22 heavy (non-hydrogen) atoms. The first kappa shape index (κ1) is 14.5. The number of hydrogen-bond acceptors (Lipinski definition) is 3. The molecule has 122 valence electrons. The zero-order valence-corrected chi connectivity index (χ0v) is 13.3. The third kappa shape index (κ3) is 2.16. The van der Waals surface area contributed by atoms with Gasteiger partial charge in [-0.3, -0.25) is 9.59 Å². The number of rotatable bonds is 1. The molecule has 0 aromatic carbocycles. The van der Waals surface area contributed by atoms with Crippen molar-refractivity contribution in [3.05, 3.63) is 0 Å². The second-order valence-corrected chi connectivity index (χ2v) is 7.98. The Morgan fingerprint density at radius 3 is 2.68 bits per heavy atom. The molecule has 3 heterocycles. The second-order valence-electron chi connectivity index (χ2n) is 7.98. The number of nitrogens with zero attached hydrogens (tertiary/aromatic N) is 1. The van der Waals surface area contributed by atoms with Crippen molar-refractivity contribution in [2.45, 2.75) is 44.9 Å². The summed E-state index contributed by atoms with van der Waals surface area (Å²) in [6.45, 7) is 4.37. The first-order valence-corrected chi connectivity index (χ1v) is 8.91. The van der Waals surface area contributed by atoms with Gasteiger partial charge in [-0.2, -0.15) is 0 Å². The highest BCUT2D eigenvalue weighted by Crippen LogP contribution is 2.46. The largest absolute Gasteiger partial charge is 0.356 e. The Kier molecular flexibility index (Phi) is 3.44. The lowest BCUT2D eigenvalue weighted by Crippen LogP contribution is -2.53. The zero-order chi connectivity index (χ0) is 15.2. The lowest BCUT2D eigenvalue weighted by atomic mass is 9.67. The van der Waals surface area contributed by atoms with Gasteiger partial charge in [-0.05, 0) is 43.6 Å². The minimum atomic E-state index is -0.119. The van der Waals surface area contributed by atoms with Crippen LogP contribution in [0.2, 0.25) is 0 Å². The topological polar surface area (TPSA) is 61.4 Å². The number of nitrogens with one attached hydrogen (secondary N) is 2. The average Bonchev–Trinajstić information content (AvgIpc) is 3.12. The molecule has 4 fully saturated rings. The predicted octanol–water partition coefficient (Wildman–Crippen LogP) is 0.895. The first-order chi connectivity index (χ1) is 10.6. The minimum absolute atomic E-state index is 0.119. The number of piperidine rings is 1. The number of amides is 2. The fraction of sp³-hybridized carbons (Fsp3) is 0.882. The maximum absolute atomic E-state index is 13.2. The molecular weight excluding hydrogens is 278 g/mol. The van der Waals surface area contributed by atoms with Crippen LogP contribution >= 0.6 is 0 Å². The van der Waals surface area contributed by atoms with Crippen molar-refractivity contribution in [2.75, 3.05) is 32.7 Å². The normalized spacial score (nSPS) is 37.2. The summed E-state index contributed by atoms with van der Waals surface area (Å²) < 4.78 is 0. The number of carbonyl (C=O) groups is 2. The van der Waals surface area contributed by atoms with E-state index in [0.717, 1.165) is 52.0 Å². The summed E-state index contributed by atoms with van der Waals surface area (Å²) in [4.78, 5) is 26.9. The third-order valence-corrected chi connectivity index (χ3v) is 6.77. The van der Waals surface area contributed by atoms with Crippen LogP contribution in [0.3, 0.4) is 0 Å². The van der Waals surface area contributed by atoms with E-state index in [0.29, 0.717) is 18.2 Å². The van der Waals surface area contributed by atoms with E-state index in [2.05, 4.69) is 15.5 Å². The smallest absolute Gasteiger partial charge is 0.230 e. The van der Waals surface area contributed by atoms with Crippen LogP contribution in [0.25, 0.3) is 0 Å². The Morgan fingerprint density at radius 1 is 1.14 bits per heavy atom. The van der Waals surface area contributed by atoms with Crippen LogP contribution in [-0.4, -0.2) is 49.4 Å². The monoisotopic (exact) mass is 305 g/mol. The molecule has 5 heteroatoms. The summed E-state index contributed by atoms with van der Waals surface area (Å²) in [6.07, 6.45) is 7.35. The second kappa shape index (κ2) is 5.22. The van der Waals surface area contributed by atoms with E-state index in [9.17, 15) is 9.59 Å². The Labute approximate surface area is 132 Å². The molecule has 4 aliphatic rings. The fourth-order valence-corrected chi connectivity index (χ4v) is 5.27. The molecule has 2 amide bonds. The summed E-state index contributed by atoms with van der Waals surface area (Å²) in [7, 11) is 0. The molecule has 1 spiro atoms. The molecule has 5 nitrogen and oxygen atoms in total. The van der Waals surface area contributed by atoms with E-state index in [1.54, 1.807) is 0 Å². The van der Waals surface area contributed by atoms with Crippen LogP contribution < -0.4 is 10.6 Å². The van der Waals surface area contributed by atoms with Gasteiger partial charge in [0.2, 0.25) is 11.8 Å². The third-order valence-electron chi connectivity index (χ3n) is 6.77. The van der Waals surface area contributed by atoms with E-state index in [1.807, 2.05) is 0 Å². The molecule has 1 aliphatic carbocycles. The van der Waals surface area contributed by atoms with E-state index in [1.165, 1.54) is 19.3 Å². The van der Waals surface area contributed by atoms with Gasteiger partial charge in [0.25, 0.3) is 0 Å². The molecule has 3 saturated heterocycles. The quantitative estimate of drug-likeness (QED) is 0.756. The maximum Gasteiger partial charge on any atom is 0.230 e. The standard InChI is InChI=1S/C17H27N3O2/c21-14-9-16(11-19-14)5-7-20(8-6-16)15(22)17-4-2-1-3-13(17)10-18-12-17/h13,18H,1-12H2,(H,19,21)/t13-,17+/m0/s1. The summed E-state index contributed by atoms with van der Waals surface area (Å²) in [5.74, 6) is 1.12. The molecule has 0 aromatic rings. The SMILES string of the molecule is O=C1CC2(CCN(C(=O)[C@@]34CCCC[C@H]3CNC4)CC2)CN1. The van der Waals surface area contributed by atoms with Gasteiger partial charge in [0.1, 0.15) is 0 Å². The summed E-state index contributed by atoms with van der Waals surface area (Å²) >= 11 is 0. The molecule has 0 radical (unpaired) electrons. The molecule has 2 atom stereocenters. The Hall–Kier alpha value is -1.10. The molecule has 0 aromatic heterocycles. The highest BCUT2D eigenvalue weighted by atomic mass is 16.2. The molecule has 2 N–H and O–H groups in total. The van der Waals surface area contributed by atoms with Gasteiger partial charge in [0, 0.05) is 32.6 Å². The van der Waals surface area contributed by atoms with E-state index >= 15 is 0 Å². The number of hydrogen-bond donors (Lipinski definition) is 2. The number of likely N-dealkylation sites (tertiary alicyclic amines) is 1. The van der Waals surface area contributed by atoms with Crippen molar-refractivity contribution < 1.29 is 9.59 Å². The van der Waals surface area contributed by atoms with Gasteiger partial charge in [-0.1, -0.05) is 12.8 Å². The summed E-state index contributed by atoms with van der Waals surface area (Å²) in [6, 6.07) is 0. The van der Waals surface area contributed by atoms with Gasteiger partial charge in [-0.15, -0.1) is 0 Å². The molecule has 1 saturated carbocycles. The molecule has 0 bridgehead atoms. The van der Waals surface area contributed by atoms with Crippen LogP contribution in [0.5, 0.6) is 0 Å². The van der Waals surface area contributed by atoms with Crippen LogP contribution in [0.15, 0.2) is 0 Å². The Balaban J connectivity index is 1.45.